The van der Waals surface area contributed by atoms with Crippen molar-refractivity contribution >= 4 is 5.91 Å². The molecular formula is C29H34N6O2. The Balaban J connectivity index is 1.40. The van der Waals surface area contributed by atoms with Gasteiger partial charge in [-0.05, 0) is 79.9 Å². The molecule has 2 aromatic heterocycles. The smallest absolute Gasteiger partial charge is 0.252 e. The molecule has 8 heteroatoms. The number of aromatic nitrogens is 4. The van der Waals surface area contributed by atoms with Gasteiger partial charge in [-0.1, -0.05) is 6.07 Å². The van der Waals surface area contributed by atoms with E-state index >= 15 is 0 Å². The maximum Gasteiger partial charge on any atom is 0.252 e. The molecule has 1 N–H and O–H groups in total. The number of benzene rings is 2. The maximum atomic E-state index is 13.4. The van der Waals surface area contributed by atoms with Gasteiger partial charge in [0.1, 0.15) is 11.9 Å². The number of rotatable bonds is 7. The zero-order valence-electron chi connectivity index (χ0n) is 22.1. The first-order valence-corrected chi connectivity index (χ1v) is 12.6. The molecule has 1 aliphatic rings. The zero-order valence-corrected chi connectivity index (χ0v) is 22.1. The van der Waals surface area contributed by atoms with Crippen LogP contribution in [-0.2, 0) is 14.1 Å². The van der Waals surface area contributed by atoms with Gasteiger partial charge in [-0.3, -0.25) is 14.2 Å². The average Bonchev–Trinajstić information content (AvgIpc) is 3.61. The van der Waals surface area contributed by atoms with Crippen molar-refractivity contribution in [1.82, 2.24) is 29.8 Å². The molecule has 0 aliphatic carbocycles. The Kier molecular flexibility index (Phi) is 6.84. The summed E-state index contributed by atoms with van der Waals surface area (Å²) in [5.74, 6) is 0.620. The number of likely N-dealkylation sites (N-methyl/N-ethyl adjacent to an activating group) is 1. The molecule has 37 heavy (non-hydrogen) atoms. The summed E-state index contributed by atoms with van der Waals surface area (Å²) in [5, 5.41) is 11.9. The number of ether oxygens (including phenoxy) is 1. The van der Waals surface area contributed by atoms with E-state index in [0.29, 0.717) is 5.56 Å². The van der Waals surface area contributed by atoms with E-state index in [1.54, 1.807) is 9.36 Å². The lowest BCUT2D eigenvalue weighted by Gasteiger charge is -2.19. The van der Waals surface area contributed by atoms with Gasteiger partial charge in [0.2, 0.25) is 0 Å². The topological polar surface area (TPSA) is 77.2 Å². The maximum absolute atomic E-state index is 13.4. The Morgan fingerprint density at radius 2 is 1.62 bits per heavy atom. The van der Waals surface area contributed by atoms with Gasteiger partial charge in [0.25, 0.3) is 5.91 Å². The van der Waals surface area contributed by atoms with Crippen molar-refractivity contribution in [3.8, 4) is 28.0 Å². The van der Waals surface area contributed by atoms with Crippen molar-refractivity contribution < 1.29 is 9.53 Å². The summed E-state index contributed by atoms with van der Waals surface area (Å²) in [5.41, 5.74) is 6.68. The molecule has 2 atom stereocenters. The molecule has 3 heterocycles. The van der Waals surface area contributed by atoms with Gasteiger partial charge in [-0.2, -0.15) is 10.2 Å². The first-order chi connectivity index (χ1) is 17.7. The third-order valence-corrected chi connectivity index (χ3v) is 6.98. The fourth-order valence-corrected chi connectivity index (χ4v) is 4.84. The van der Waals surface area contributed by atoms with E-state index in [1.165, 1.54) is 0 Å². The van der Waals surface area contributed by atoms with Crippen LogP contribution < -0.4 is 10.1 Å². The molecule has 5 rings (SSSR count). The molecule has 0 radical (unpaired) electrons. The van der Waals surface area contributed by atoms with Crippen LogP contribution in [0.25, 0.3) is 22.3 Å². The molecule has 0 bridgehead atoms. The molecule has 192 valence electrons. The predicted octanol–water partition coefficient (Wildman–Crippen LogP) is 4.37. The van der Waals surface area contributed by atoms with Crippen molar-refractivity contribution in [2.45, 2.75) is 32.4 Å². The quantitative estimate of drug-likeness (QED) is 0.410. The molecule has 0 unspecified atom stereocenters. The summed E-state index contributed by atoms with van der Waals surface area (Å²) < 4.78 is 9.76. The monoisotopic (exact) mass is 498 g/mol. The van der Waals surface area contributed by atoms with Crippen molar-refractivity contribution in [3.63, 3.8) is 0 Å². The van der Waals surface area contributed by atoms with Crippen molar-refractivity contribution in [3.05, 3.63) is 77.9 Å². The molecule has 0 spiro atoms. The van der Waals surface area contributed by atoms with Crippen LogP contribution >= 0.6 is 0 Å². The summed E-state index contributed by atoms with van der Waals surface area (Å²) in [6.07, 6.45) is 8.84. The van der Waals surface area contributed by atoms with Crippen LogP contribution in [0.3, 0.4) is 0 Å². The number of carbonyl (C=O) groups excluding carboxylic acids is 1. The van der Waals surface area contributed by atoms with E-state index < -0.39 is 0 Å². The van der Waals surface area contributed by atoms with E-state index in [2.05, 4.69) is 45.7 Å². The van der Waals surface area contributed by atoms with Crippen LogP contribution in [-0.4, -0.2) is 56.6 Å². The molecule has 4 aromatic rings. The number of hydrogen-bond acceptors (Lipinski definition) is 5. The average molecular weight is 499 g/mol. The predicted molar refractivity (Wildman–Crippen MR) is 144 cm³/mol. The number of nitrogens with one attached hydrogen (secondary N) is 1. The molecule has 1 amide bonds. The number of hydrogen-bond donors (Lipinski definition) is 1. The van der Waals surface area contributed by atoms with Crippen LogP contribution in [0.1, 0.15) is 40.9 Å². The lowest BCUT2D eigenvalue weighted by molar-refractivity contribution is 0.0938. The number of aryl methyl sites for hydroxylation is 3. The van der Waals surface area contributed by atoms with Gasteiger partial charge in [0.05, 0.1) is 18.4 Å². The molecule has 1 saturated heterocycles. The summed E-state index contributed by atoms with van der Waals surface area (Å²) in [6, 6.07) is 11.9. The van der Waals surface area contributed by atoms with Crippen LogP contribution in [0.4, 0.5) is 0 Å². The van der Waals surface area contributed by atoms with E-state index in [9.17, 15) is 4.79 Å². The summed E-state index contributed by atoms with van der Waals surface area (Å²) in [6.45, 7) is 5.90. The molecule has 8 nitrogen and oxygen atoms in total. The normalized spacial score (nSPS) is 16.6. The second kappa shape index (κ2) is 10.2. The molecule has 0 saturated carbocycles. The highest BCUT2D eigenvalue weighted by molar-refractivity contribution is 5.96. The fourth-order valence-electron chi connectivity index (χ4n) is 4.84. The minimum absolute atomic E-state index is 0.117. The zero-order chi connectivity index (χ0) is 26.1. The van der Waals surface area contributed by atoms with Crippen LogP contribution in [0.5, 0.6) is 5.75 Å². The highest BCUT2D eigenvalue weighted by Crippen LogP contribution is 2.31. The van der Waals surface area contributed by atoms with Gasteiger partial charge in [0.15, 0.2) is 0 Å². The largest absolute Gasteiger partial charge is 0.489 e. The third-order valence-electron chi connectivity index (χ3n) is 6.98. The molecule has 2 aromatic carbocycles. The first-order valence-electron chi connectivity index (χ1n) is 12.6. The van der Waals surface area contributed by atoms with Crippen molar-refractivity contribution in [1.29, 1.82) is 0 Å². The molecule has 1 fully saturated rings. The van der Waals surface area contributed by atoms with Crippen LogP contribution in [0.2, 0.25) is 0 Å². The number of carbonyl (C=O) groups is 1. The third kappa shape index (κ3) is 5.59. The van der Waals surface area contributed by atoms with Gasteiger partial charge >= 0.3 is 0 Å². The first kappa shape index (κ1) is 24.8. The number of amides is 1. The van der Waals surface area contributed by atoms with E-state index in [-0.39, 0.29) is 18.1 Å². The van der Waals surface area contributed by atoms with Crippen molar-refractivity contribution in [2.24, 2.45) is 14.1 Å². The van der Waals surface area contributed by atoms with Crippen LogP contribution in [0, 0.1) is 6.92 Å². The minimum atomic E-state index is -0.216. The van der Waals surface area contributed by atoms with E-state index in [1.807, 2.05) is 70.9 Å². The van der Waals surface area contributed by atoms with Crippen LogP contribution in [0.15, 0.2) is 61.2 Å². The number of nitrogens with zero attached hydrogens (tertiary/aromatic N) is 5. The Bertz CT molecular complexity index is 1360. The van der Waals surface area contributed by atoms with Gasteiger partial charge in [0, 0.05) is 56.3 Å². The summed E-state index contributed by atoms with van der Waals surface area (Å²) >= 11 is 0. The second-order valence-electron chi connectivity index (χ2n) is 10.1. The lowest BCUT2D eigenvalue weighted by Crippen LogP contribution is -2.27. The minimum Gasteiger partial charge on any atom is -0.489 e. The molecular weight excluding hydrogens is 464 g/mol. The van der Waals surface area contributed by atoms with Gasteiger partial charge in [-0.15, -0.1) is 0 Å². The Hall–Kier alpha value is -3.91. The number of likely N-dealkylation sites (tertiary alicyclic amines) is 1. The van der Waals surface area contributed by atoms with E-state index in [0.717, 1.165) is 58.6 Å². The highest BCUT2D eigenvalue weighted by Gasteiger charge is 2.22. The molecule has 1 aliphatic heterocycles. The Morgan fingerprint density at radius 3 is 2.16 bits per heavy atom. The summed E-state index contributed by atoms with van der Waals surface area (Å²) in [4.78, 5) is 15.7. The Labute approximate surface area is 217 Å². The Morgan fingerprint density at radius 1 is 0.973 bits per heavy atom. The van der Waals surface area contributed by atoms with E-state index in [4.69, 9.17) is 4.74 Å². The SMILES string of the molecule is Cc1ccc(O[C@H]2CCN(C)C2)cc1C(=O)N[C@H](C)c1cc(-c2cnn(C)c2)cc(-c2cnn(C)c2)c1. The lowest BCUT2D eigenvalue weighted by atomic mass is 9.96. The second-order valence-corrected chi connectivity index (χ2v) is 10.1. The fraction of sp³-hybridized carbons (Fsp3) is 0.345. The standard InChI is InChI=1S/C29H34N6O2/c1-19-6-7-26(37-27-8-9-33(3)18-27)13-28(19)29(36)32-20(2)21-10-22(24-14-30-34(4)16-24)12-23(11-21)25-15-31-35(5)17-25/h6-7,10-17,20,27H,8-9,18H2,1-5H3,(H,32,36)/t20-,27+/m1/s1. The van der Waals surface area contributed by atoms with Gasteiger partial charge in [-0.25, -0.2) is 0 Å². The van der Waals surface area contributed by atoms with Gasteiger partial charge < -0.3 is 15.0 Å². The van der Waals surface area contributed by atoms with Crippen molar-refractivity contribution in [2.75, 3.05) is 20.1 Å². The highest BCUT2D eigenvalue weighted by atomic mass is 16.5. The summed E-state index contributed by atoms with van der Waals surface area (Å²) in [7, 11) is 5.91.